The number of carbonyl (C=O) groups is 2. The van der Waals surface area contributed by atoms with Crippen LogP contribution in [0.2, 0.25) is 0 Å². The molecule has 7 heteroatoms. The molecular weight excluding hydrogens is 407 g/mol. The van der Waals surface area contributed by atoms with Crippen LogP contribution in [0.15, 0.2) is 24.3 Å². The van der Waals surface area contributed by atoms with Crippen LogP contribution in [0.3, 0.4) is 0 Å². The minimum Gasteiger partial charge on any atom is -0.332 e. The van der Waals surface area contributed by atoms with Crippen LogP contribution in [0.5, 0.6) is 0 Å². The normalized spacial score (nSPS) is 21.3. The summed E-state index contributed by atoms with van der Waals surface area (Å²) in [5.41, 5.74) is 2.50. The van der Waals surface area contributed by atoms with Crippen LogP contribution >= 0.6 is 0 Å². The van der Waals surface area contributed by atoms with E-state index in [-0.39, 0.29) is 36.0 Å². The number of carbonyl (C=O) groups excluding carboxylic acids is 2. The predicted octanol–water partition coefficient (Wildman–Crippen LogP) is 4.26. The van der Waals surface area contributed by atoms with Crippen molar-refractivity contribution in [2.75, 3.05) is 11.4 Å². The van der Waals surface area contributed by atoms with Gasteiger partial charge in [0.25, 0.3) is 0 Å². The summed E-state index contributed by atoms with van der Waals surface area (Å²) in [4.78, 5) is 39.4. The summed E-state index contributed by atoms with van der Waals surface area (Å²) in [7, 11) is 0. The zero-order valence-electron chi connectivity index (χ0n) is 18.5. The number of halogens is 1. The number of piperidine rings is 1. The Kier molecular flexibility index (Phi) is 5.66. The molecular formula is C25H29FN4O2. The maximum absolute atomic E-state index is 13.3. The smallest absolute Gasteiger partial charge is 0.233 e. The van der Waals surface area contributed by atoms with E-state index < -0.39 is 0 Å². The minimum absolute atomic E-state index is 0.0265. The highest BCUT2D eigenvalue weighted by atomic mass is 19.1. The Morgan fingerprint density at radius 1 is 1.06 bits per heavy atom. The van der Waals surface area contributed by atoms with Gasteiger partial charge < -0.3 is 4.90 Å². The highest BCUT2D eigenvalue weighted by Crippen LogP contribution is 2.37. The van der Waals surface area contributed by atoms with E-state index >= 15 is 0 Å². The SMILES string of the molecule is Cc1nc([C@@H]2CCCCN2C(=O)C2CCCC2)nc2c1CC(=O)N2Cc1ccc(F)cc1. The lowest BCUT2D eigenvalue weighted by atomic mass is 9.97. The van der Waals surface area contributed by atoms with E-state index in [4.69, 9.17) is 9.97 Å². The van der Waals surface area contributed by atoms with Crippen molar-refractivity contribution in [3.05, 3.63) is 52.7 Å². The van der Waals surface area contributed by atoms with Crippen molar-refractivity contribution >= 4 is 17.6 Å². The van der Waals surface area contributed by atoms with Gasteiger partial charge in [-0.1, -0.05) is 25.0 Å². The molecule has 0 radical (unpaired) electrons. The molecule has 2 fully saturated rings. The van der Waals surface area contributed by atoms with E-state index in [0.717, 1.165) is 68.3 Å². The average Bonchev–Trinajstić information content (AvgIpc) is 3.44. The second-order valence-corrected chi connectivity index (χ2v) is 9.28. The summed E-state index contributed by atoms with van der Waals surface area (Å²) in [6, 6.07) is 6.06. The van der Waals surface area contributed by atoms with E-state index in [0.29, 0.717) is 18.2 Å². The second-order valence-electron chi connectivity index (χ2n) is 9.28. The summed E-state index contributed by atoms with van der Waals surface area (Å²) in [5, 5.41) is 0. The van der Waals surface area contributed by atoms with Crippen molar-refractivity contribution in [1.82, 2.24) is 14.9 Å². The molecule has 168 valence electrons. The number of hydrogen-bond acceptors (Lipinski definition) is 4. The van der Waals surface area contributed by atoms with Crippen molar-refractivity contribution in [3.63, 3.8) is 0 Å². The zero-order chi connectivity index (χ0) is 22.2. The standard InChI is InChI=1S/C25H29FN4O2/c1-16-20-14-22(31)30(15-17-9-11-19(26)12-10-17)24(20)28-23(27-16)21-8-4-5-13-29(21)25(32)18-6-2-3-7-18/h9-12,18,21H,2-8,13-15H2,1H3/t21-/m0/s1. The van der Waals surface area contributed by atoms with E-state index in [2.05, 4.69) is 0 Å². The molecule has 1 atom stereocenters. The van der Waals surface area contributed by atoms with Gasteiger partial charge in [-0.15, -0.1) is 0 Å². The summed E-state index contributed by atoms with van der Waals surface area (Å²) in [6.07, 6.45) is 7.39. The van der Waals surface area contributed by atoms with Gasteiger partial charge in [-0.25, -0.2) is 14.4 Å². The number of amides is 2. The molecule has 1 saturated carbocycles. The molecule has 0 N–H and O–H groups in total. The Labute approximate surface area is 187 Å². The summed E-state index contributed by atoms with van der Waals surface area (Å²) in [6.45, 7) is 3.01. The van der Waals surface area contributed by atoms with Crippen LogP contribution in [0.25, 0.3) is 0 Å². The molecule has 0 bridgehead atoms. The Hall–Kier alpha value is -2.83. The van der Waals surface area contributed by atoms with Crippen molar-refractivity contribution < 1.29 is 14.0 Å². The fourth-order valence-corrected chi connectivity index (χ4v) is 5.35. The topological polar surface area (TPSA) is 66.4 Å². The molecule has 0 unspecified atom stereocenters. The fraction of sp³-hybridized carbons (Fsp3) is 0.520. The Bertz CT molecular complexity index is 1030. The van der Waals surface area contributed by atoms with E-state index in [1.165, 1.54) is 12.1 Å². The van der Waals surface area contributed by atoms with Crippen LogP contribution in [0.4, 0.5) is 10.2 Å². The third kappa shape index (κ3) is 3.89. The molecule has 2 aliphatic heterocycles. The number of fused-ring (bicyclic) bond motifs is 1. The van der Waals surface area contributed by atoms with Crippen molar-refractivity contribution in [3.8, 4) is 0 Å². The molecule has 1 aromatic carbocycles. The maximum atomic E-state index is 13.3. The monoisotopic (exact) mass is 436 g/mol. The fourth-order valence-electron chi connectivity index (χ4n) is 5.35. The molecule has 3 heterocycles. The first-order valence-corrected chi connectivity index (χ1v) is 11.7. The van der Waals surface area contributed by atoms with Gasteiger partial charge in [0, 0.05) is 23.7 Å². The predicted molar refractivity (Wildman–Crippen MR) is 118 cm³/mol. The molecule has 1 aromatic heterocycles. The summed E-state index contributed by atoms with van der Waals surface area (Å²) >= 11 is 0. The molecule has 6 nitrogen and oxygen atoms in total. The molecule has 1 saturated heterocycles. The number of hydrogen-bond donors (Lipinski definition) is 0. The van der Waals surface area contributed by atoms with Gasteiger partial charge in [0.2, 0.25) is 11.8 Å². The molecule has 3 aliphatic rings. The molecule has 32 heavy (non-hydrogen) atoms. The second kappa shape index (κ2) is 8.60. The van der Waals surface area contributed by atoms with E-state index in [9.17, 15) is 14.0 Å². The largest absolute Gasteiger partial charge is 0.332 e. The maximum Gasteiger partial charge on any atom is 0.233 e. The Balaban J connectivity index is 1.46. The first kappa shape index (κ1) is 21.0. The minimum atomic E-state index is -0.299. The van der Waals surface area contributed by atoms with Gasteiger partial charge in [-0.3, -0.25) is 14.5 Å². The van der Waals surface area contributed by atoms with E-state index in [1.54, 1.807) is 17.0 Å². The van der Waals surface area contributed by atoms with Crippen LogP contribution in [-0.2, 0) is 22.6 Å². The summed E-state index contributed by atoms with van der Waals surface area (Å²) < 4.78 is 13.3. The number of nitrogens with zero attached hydrogens (tertiary/aromatic N) is 4. The quantitative estimate of drug-likeness (QED) is 0.718. The van der Waals surface area contributed by atoms with Gasteiger partial charge in [0.1, 0.15) is 11.6 Å². The zero-order valence-corrected chi connectivity index (χ0v) is 18.5. The lowest BCUT2D eigenvalue weighted by Crippen LogP contribution is -2.42. The molecule has 2 amide bonds. The van der Waals surface area contributed by atoms with Gasteiger partial charge in [0.15, 0.2) is 5.82 Å². The van der Waals surface area contributed by atoms with Crippen molar-refractivity contribution in [1.29, 1.82) is 0 Å². The molecule has 2 aromatic rings. The number of rotatable bonds is 4. The number of benzene rings is 1. The first-order chi connectivity index (χ1) is 15.5. The Morgan fingerprint density at radius 3 is 2.53 bits per heavy atom. The number of aromatic nitrogens is 2. The van der Waals surface area contributed by atoms with Gasteiger partial charge in [-0.05, 0) is 56.7 Å². The summed E-state index contributed by atoms with van der Waals surface area (Å²) in [5.74, 6) is 1.33. The number of anilines is 1. The van der Waals surface area contributed by atoms with Crippen LogP contribution in [0.1, 0.15) is 73.6 Å². The highest BCUT2D eigenvalue weighted by Gasteiger charge is 2.37. The van der Waals surface area contributed by atoms with Gasteiger partial charge >= 0.3 is 0 Å². The van der Waals surface area contributed by atoms with Crippen LogP contribution in [-0.4, -0.2) is 33.2 Å². The molecule has 1 aliphatic carbocycles. The van der Waals surface area contributed by atoms with Crippen molar-refractivity contribution in [2.24, 2.45) is 5.92 Å². The van der Waals surface area contributed by atoms with Gasteiger partial charge in [0.05, 0.1) is 19.0 Å². The average molecular weight is 437 g/mol. The molecule has 5 rings (SSSR count). The lowest BCUT2D eigenvalue weighted by molar-refractivity contribution is -0.139. The first-order valence-electron chi connectivity index (χ1n) is 11.7. The lowest BCUT2D eigenvalue weighted by Gasteiger charge is -2.36. The van der Waals surface area contributed by atoms with Crippen LogP contribution < -0.4 is 4.90 Å². The van der Waals surface area contributed by atoms with Gasteiger partial charge in [-0.2, -0.15) is 0 Å². The van der Waals surface area contributed by atoms with E-state index in [1.807, 2.05) is 11.8 Å². The van der Waals surface area contributed by atoms with Crippen molar-refractivity contribution in [2.45, 2.75) is 70.9 Å². The number of aryl methyl sites for hydroxylation is 1. The Morgan fingerprint density at radius 2 is 1.78 bits per heavy atom. The number of likely N-dealkylation sites (tertiary alicyclic amines) is 1. The van der Waals surface area contributed by atoms with Crippen LogP contribution in [0, 0.1) is 18.7 Å². The third-order valence-electron chi connectivity index (χ3n) is 7.14. The highest BCUT2D eigenvalue weighted by molar-refractivity contribution is 6.00. The molecule has 0 spiro atoms. The third-order valence-corrected chi connectivity index (χ3v) is 7.14.